The van der Waals surface area contributed by atoms with E-state index in [2.05, 4.69) is 31.3 Å². The van der Waals surface area contributed by atoms with Crippen LogP contribution in [0.4, 0.5) is 0 Å². The summed E-state index contributed by atoms with van der Waals surface area (Å²) in [6.07, 6.45) is 2.45. The van der Waals surface area contributed by atoms with E-state index in [4.69, 9.17) is 16.3 Å². The molecule has 1 aliphatic carbocycles. The van der Waals surface area contributed by atoms with Gasteiger partial charge in [-0.3, -0.25) is 0 Å². The van der Waals surface area contributed by atoms with Gasteiger partial charge in [-0.1, -0.05) is 31.5 Å². The monoisotopic (exact) mass is 309 g/mol. The summed E-state index contributed by atoms with van der Waals surface area (Å²) >= 11 is 6.16. The Bertz CT molecular complexity index is 524. The number of benzene rings is 1. The van der Waals surface area contributed by atoms with Crippen molar-refractivity contribution < 1.29 is 9.84 Å². The van der Waals surface area contributed by atoms with Crippen LogP contribution in [0.15, 0.2) is 18.2 Å². The van der Waals surface area contributed by atoms with Crippen LogP contribution in [0.2, 0.25) is 5.02 Å². The zero-order valence-corrected chi connectivity index (χ0v) is 13.5. The Morgan fingerprint density at radius 3 is 2.76 bits per heavy atom. The third-order valence-corrected chi connectivity index (χ3v) is 5.14. The molecule has 1 aromatic carbocycles. The van der Waals surface area contributed by atoms with E-state index in [1.54, 1.807) is 0 Å². The Kier molecular flexibility index (Phi) is 4.04. The summed E-state index contributed by atoms with van der Waals surface area (Å²) in [5, 5.41) is 15.0. The highest BCUT2D eigenvalue weighted by Crippen LogP contribution is 2.46. The first-order valence-electron chi connectivity index (χ1n) is 7.72. The molecular formula is C17H24ClNO2. The van der Waals surface area contributed by atoms with Crippen molar-refractivity contribution in [2.75, 3.05) is 19.8 Å². The molecular weight excluding hydrogens is 286 g/mol. The average molecular weight is 310 g/mol. The normalized spacial score (nSPS) is 26.6. The number of hydrogen-bond donors (Lipinski definition) is 2. The van der Waals surface area contributed by atoms with Gasteiger partial charge in [0.1, 0.15) is 0 Å². The maximum Gasteiger partial charge on any atom is 0.0815 e. The van der Waals surface area contributed by atoms with Crippen molar-refractivity contribution in [2.45, 2.75) is 44.8 Å². The summed E-state index contributed by atoms with van der Waals surface area (Å²) in [4.78, 5) is 0. The average Bonchev–Trinajstić information content (AvgIpc) is 2.67. The minimum Gasteiger partial charge on any atom is -0.388 e. The Morgan fingerprint density at radius 1 is 1.33 bits per heavy atom. The fraction of sp³-hybridized carbons (Fsp3) is 0.647. The molecule has 1 heterocycles. The Hall–Kier alpha value is -0.610. The van der Waals surface area contributed by atoms with E-state index in [1.807, 2.05) is 6.07 Å². The van der Waals surface area contributed by atoms with Gasteiger partial charge in [-0.2, -0.15) is 0 Å². The van der Waals surface area contributed by atoms with Gasteiger partial charge >= 0.3 is 0 Å². The lowest BCUT2D eigenvalue weighted by Crippen LogP contribution is -2.47. The van der Waals surface area contributed by atoms with Gasteiger partial charge < -0.3 is 15.2 Å². The van der Waals surface area contributed by atoms with Gasteiger partial charge in [0.25, 0.3) is 0 Å². The fourth-order valence-corrected chi connectivity index (χ4v) is 3.80. The van der Waals surface area contributed by atoms with Crippen LogP contribution in [-0.4, -0.2) is 30.5 Å². The Balaban J connectivity index is 1.76. The van der Waals surface area contributed by atoms with E-state index in [0.717, 1.165) is 11.4 Å². The van der Waals surface area contributed by atoms with Crippen molar-refractivity contribution >= 4 is 11.6 Å². The van der Waals surface area contributed by atoms with Gasteiger partial charge in [0.05, 0.1) is 5.60 Å². The van der Waals surface area contributed by atoms with Crippen molar-refractivity contribution in [1.29, 1.82) is 0 Å². The largest absolute Gasteiger partial charge is 0.388 e. The number of nitrogens with one attached hydrogen (secondary N) is 1. The molecule has 0 aromatic heterocycles. The molecule has 0 amide bonds. The molecule has 1 unspecified atom stereocenters. The SMILES string of the molecule is CC1(C)Cc2ccc(Cl)cc2C1NCC1(O)CCOCC1. The molecule has 21 heavy (non-hydrogen) atoms. The van der Waals surface area contributed by atoms with Crippen LogP contribution in [0, 0.1) is 5.41 Å². The van der Waals surface area contributed by atoms with Gasteiger partial charge in [0, 0.05) is 43.7 Å². The molecule has 0 saturated carbocycles. The van der Waals surface area contributed by atoms with Crippen molar-refractivity contribution in [2.24, 2.45) is 5.41 Å². The number of fused-ring (bicyclic) bond motifs is 1. The van der Waals surface area contributed by atoms with Crippen LogP contribution in [0.5, 0.6) is 0 Å². The molecule has 1 fully saturated rings. The molecule has 0 bridgehead atoms. The summed E-state index contributed by atoms with van der Waals surface area (Å²) in [7, 11) is 0. The van der Waals surface area contributed by atoms with Gasteiger partial charge in [-0.25, -0.2) is 0 Å². The van der Waals surface area contributed by atoms with E-state index in [1.165, 1.54) is 11.1 Å². The van der Waals surface area contributed by atoms with Gasteiger partial charge in [-0.05, 0) is 35.1 Å². The highest BCUT2D eigenvalue weighted by Gasteiger charge is 2.40. The number of aliphatic hydroxyl groups is 1. The first kappa shape index (κ1) is 15.3. The number of halogens is 1. The van der Waals surface area contributed by atoms with E-state index < -0.39 is 5.60 Å². The molecule has 2 N–H and O–H groups in total. The Morgan fingerprint density at radius 2 is 2.05 bits per heavy atom. The molecule has 3 rings (SSSR count). The van der Waals surface area contributed by atoms with Crippen LogP contribution < -0.4 is 5.32 Å². The van der Waals surface area contributed by atoms with Crippen molar-refractivity contribution in [3.8, 4) is 0 Å². The predicted octanol–water partition coefficient (Wildman–Crippen LogP) is 3.09. The Labute approximate surface area is 131 Å². The molecule has 1 aromatic rings. The summed E-state index contributed by atoms with van der Waals surface area (Å²) in [6.45, 7) is 6.44. The lowest BCUT2D eigenvalue weighted by atomic mass is 9.84. The second-order valence-corrected chi connectivity index (χ2v) is 7.60. The summed E-state index contributed by atoms with van der Waals surface area (Å²) in [5.41, 5.74) is 2.13. The summed E-state index contributed by atoms with van der Waals surface area (Å²) < 4.78 is 5.34. The van der Waals surface area contributed by atoms with Crippen LogP contribution in [0.3, 0.4) is 0 Å². The molecule has 116 valence electrons. The van der Waals surface area contributed by atoms with E-state index >= 15 is 0 Å². The minimum absolute atomic E-state index is 0.133. The van der Waals surface area contributed by atoms with Gasteiger partial charge in [-0.15, -0.1) is 0 Å². The lowest BCUT2D eigenvalue weighted by molar-refractivity contribution is -0.0642. The maximum atomic E-state index is 10.6. The zero-order valence-electron chi connectivity index (χ0n) is 12.8. The summed E-state index contributed by atoms with van der Waals surface area (Å²) in [6, 6.07) is 6.39. The fourth-order valence-electron chi connectivity index (χ4n) is 3.62. The molecule has 4 heteroatoms. The van der Waals surface area contributed by atoms with E-state index in [9.17, 15) is 5.11 Å². The highest BCUT2D eigenvalue weighted by molar-refractivity contribution is 6.30. The van der Waals surface area contributed by atoms with Crippen LogP contribution in [-0.2, 0) is 11.2 Å². The molecule has 1 saturated heterocycles. The second-order valence-electron chi connectivity index (χ2n) is 7.16. The summed E-state index contributed by atoms with van der Waals surface area (Å²) in [5.74, 6) is 0. The zero-order chi connectivity index (χ0) is 15.1. The minimum atomic E-state index is -0.643. The van der Waals surface area contributed by atoms with E-state index in [-0.39, 0.29) is 11.5 Å². The molecule has 3 nitrogen and oxygen atoms in total. The van der Waals surface area contributed by atoms with Crippen LogP contribution in [0.1, 0.15) is 43.9 Å². The van der Waals surface area contributed by atoms with Crippen LogP contribution in [0.25, 0.3) is 0 Å². The maximum absolute atomic E-state index is 10.6. The molecule has 0 radical (unpaired) electrons. The highest BCUT2D eigenvalue weighted by atomic mass is 35.5. The van der Waals surface area contributed by atoms with Crippen molar-refractivity contribution in [1.82, 2.24) is 5.32 Å². The molecule has 2 aliphatic rings. The number of ether oxygens (including phenoxy) is 1. The third kappa shape index (κ3) is 3.11. The topological polar surface area (TPSA) is 41.5 Å². The van der Waals surface area contributed by atoms with Gasteiger partial charge in [0.2, 0.25) is 0 Å². The molecule has 1 atom stereocenters. The quantitative estimate of drug-likeness (QED) is 0.901. The number of rotatable bonds is 3. The van der Waals surface area contributed by atoms with Crippen molar-refractivity contribution in [3.05, 3.63) is 34.3 Å². The van der Waals surface area contributed by atoms with Gasteiger partial charge in [0.15, 0.2) is 0 Å². The lowest BCUT2D eigenvalue weighted by Gasteiger charge is -2.36. The molecule has 1 aliphatic heterocycles. The second kappa shape index (κ2) is 5.54. The standard InChI is InChI=1S/C17H24ClNO2/c1-16(2)10-12-3-4-13(18)9-14(12)15(16)19-11-17(20)5-7-21-8-6-17/h3-4,9,15,19-20H,5-8,10-11H2,1-2H3. The smallest absolute Gasteiger partial charge is 0.0815 e. The molecule has 0 spiro atoms. The first-order chi connectivity index (χ1) is 9.90. The van der Waals surface area contributed by atoms with E-state index in [0.29, 0.717) is 32.6 Å². The van der Waals surface area contributed by atoms with Crippen LogP contribution >= 0.6 is 11.6 Å². The predicted molar refractivity (Wildman–Crippen MR) is 84.7 cm³/mol. The number of hydrogen-bond acceptors (Lipinski definition) is 3. The third-order valence-electron chi connectivity index (χ3n) is 4.91. The van der Waals surface area contributed by atoms with Crippen molar-refractivity contribution in [3.63, 3.8) is 0 Å². The first-order valence-corrected chi connectivity index (χ1v) is 8.09.